The van der Waals surface area contributed by atoms with E-state index in [0.29, 0.717) is 48.3 Å². The molecule has 1 aliphatic rings. The number of pyridine rings is 1. The summed E-state index contributed by atoms with van der Waals surface area (Å²) in [5.74, 6) is -1.78. The van der Waals surface area contributed by atoms with E-state index in [2.05, 4.69) is 15.4 Å². The second-order valence-corrected chi connectivity index (χ2v) is 6.82. The van der Waals surface area contributed by atoms with E-state index in [1.165, 1.54) is 0 Å². The quantitative estimate of drug-likeness (QED) is 0.836. The topological polar surface area (TPSA) is 106 Å². The molecule has 3 rings (SSSR count). The Balaban J connectivity index is 1.81. The highest BCUT2D eigenvalue weighted by molar-refractivity contribution is 6.06. The van der Waals surface area contributed by atoms with Crippen molar-refractivity contribution in [2.45, 2.75) is 26.7 Å². The van der Waals surface area contributed by atoms with E-state index in [4.69, 9.17) is 4.74 Å². The van der Waals surface area contributed by atoms with Crippen LogP contribution in [0.25, 0.3) is 11.0 Å². The highest BCUT2D eigenvalue weighted by Crippen LogP contribution is 2.25. The Hall–Kier alpha value is -2.48. The summed E-state index contributed by atoms with van der Waals surface area (Å²) in [6, 6.07) is 1.72. The van der Waals surface area contributed by atoms with E-state index in [-0.39, 0.29) is 18.4 Å². The van der Waals surface area contributed by atoms with Crippen LogP contribution in [-0.4, -0.2) is 51.5 Å². The number of nitrogens with one attached hydrogen (secondary N) is 1. The van der Waals surface area contributed by atoms with Crippen molar-refractivity contribution in [1.29, 1.82) is 0 Å². The van der Waals surface area contributed by atoms with Crippen LogP contribution in [0.4, 0.5) is 0 Å². The van der Waals surface area contributed by atoms with E-state index >= 15 is 0 Å². The molecule has 0 aliphatic carbocycles. The van der Waals surface area contributed by atoms with Crippen molar-refractivity contribution in [2.75, 3.05) is 19.8 Å². The second kappa shape index (κ2) is 7.41. The number of ether oxygens (including phenoxy) is 1. The first-order valence-corrected chi connectivity index (χ1v) is 8.78. The van der Waals surface area contributed by atoms with Crippen LogP contribution in [0.15, 0.2) is 6.07 Å². The zero-order chi connectivity index (χ0) is 18.8. The number of carboxylic acid groups (broad SMARTS) is 1. The predicted octanol–water partition coefficient (Wildman–Crippen LogP) is 1.44. The third-order valence-corrected chi connectivity index (χ3v) is 4.98. The molecule has 1 aliphatic heterocycles. The summed E-state index contributed by atoms with van der Waals surface area (Å²) in [7, 11) is 1.79. The Kier molecular flexibility index (Phi) is 5.22. The van der Waals surface area contributed by atoms with E-state index in [9.17, 15) is 14.7 Å². The average Bonchev–Trinajstić information content (AvgIpc) is 2.89. The molecule has 2 aromatic rings. The van der Waals surface area contributed by atoms with Crippen LogP contribution in [0.1, 0.15) is 34.6 Å². The molecule has 2 N–H and O–H groups in total. The van der Waals surface area contributed by atoms with Crippen LogP contribution in [-0.2, 0) is 16.6 Å². The number of hydrogen-bond donors (Lipinski definition) is 2. The van der Waals surface area contributed by atoms with Crippen molar-refractivity contribution in [3.63, 3.8) is 0 Å². The van der Waals surface area contributed by atoms with Gasteiger partial charge in [0.25, 0.3) is 5.91 Å². The molecular formula is C18H24N4O4. The largest absolute Gasteiger partial charge is 0.481 e. The van der Waals surface area contributed by atoms with Gasteiger partial charge in [-0.05, 0) is 38.7 Å². The van der Waals surface area contributed by atoms with Crippen molar-refractivity contribution < 1.29 is 19.4 Å². The van der Waals surface area contributed by atoms with Gasteiger partial charge in [-0.25, -0.2) is 4.98 Å². The number of nitrogens with zero attached hydrogens (tertiary/aromatic N) is 3. The summed E-state index contributed by atoms with van der Waals surface area (Å²) < 4.78 is 6.95. The molecule has 0 saturated carbocycles. The van der Waals surface area contributed by atoms with Gasteiger partial charge in [-0.2, -0.15) is 5.10 Å². The number of carboxylic acids is 1. The maximum atomic E-state index is 12.8. The Morgan fingerprint density at radius 2 is 2.08 bits per heavy atom. The molecule has 1 atom stereocenters. The second-order valence-electron chi connectivity index (χ2n) is 6.82. The van der Waals surface area contributed by atoms with Crippen molar-refractivity contribution in [3.8, 4) is 0 Å². The van der Waals surface area contributed by atoms with Crippen LogP contribution in [0.5, 0.6) is 0 Å². The number of amides is 1. The maximum Gasteiger partial charge on any atom is 0.308 e. The van der Waals surface area contributed by atoms with E-state index in [1.807, 2.05) is 13.8 Å². The predicted molar refractivity (Wildman–Crippen MR) is 95.0 cm³/mol. The number of rotatable bonds is 5. The molecule has 2 aromatic heterocycles. The molecule has 0 radical (unpaired) electrons. The summed E-state index contributed by atoms with van der Waals surface area (Å²) in [6.07, 6.45) is 1.40. The fraction of sp³-hybridized carbons (Fsp3) is 0.556. The lowest BCUT2D eigenvalue weighted by molar-refractivity contribution is -0.144. The molecule has 0 spiro atoms. The number of fused-ring (bicyclic) bond motifs is 1. The van der Waals surface area contributed by atoms with Crippen LogP contribution < -0.4 is 5.32 Å². The number of aliphatic carboxylic acids is 1. The molecule has 26 heavy (non-hydrogen) atoms. The molecule has 140 valence electrons. The van der Waals surface area contributed by atoms with Gasteiger partial charge in [-0.15, -0.1) is 0 Å². The Labute approximate surface area is 151 Å². The lowest BCUT2D eigenvalue weighted by Gasteiger charge is -2.27. The van der Waals surface area contributed by atoms with Gasteiger partial charge in [-0.3, -0.25) is 14.3 Å². The van der Waals surface area contributed by atoms with Crippen molar-refractivity contribution in [2.24, 2.45) is 18.9 Å². The van der Waals surface area contributed by atoms with Gasteiger partial charge in [0.15, 0.2) is 5.65 Å². The third kappa shape index (κ3) is 3.55. The lowest BCUT2D eigenvalue weighted by atomic mass is 9.86. The van der Waals surface area contributed by atoms with Gasteiger partial charge < -0.3 is 15.2 Å². The number of hydrogen-bond acceptors (Lipinski definition) is 5. The van der Waals surface area contributed by atoms with Gasteiger partial charge in [0.1, 0.15) is 0 Å². The van der Waals surface area contributed by atoms with E-state index in [1.54, 1.807) is 17.8 Å². The molecule has 1 amide bonds. The molecule has 1 unspecified atom stereocenters. The van der Waals surface area contributed by atoms with Gasteiger partial charge in [0.05, 0.1) is 22.6 Å². The van der Waals surface area contributed by atoms with E-state index in [0.717, 1.165) is 5.69 Å². The van der Waals surface area contributed by atoms with E-state index < -0.39 is 11.9 Å². The molecule has 8 nitrogen and oxygen atoms in total. The maximum absolute atomic E-state index is 12.8. The lowest BCUT2D eigenvalue weighted by Crippen LogP contribution is -2.39. The summed E-state index contributed by atoms with van der Waals surface area (Å²) >= 11 is 0. The fourth-order valence-electron chi connectivity index (χ4n) is 3.62. The first-order valence-electron chi connectivity index (χ1n) is 8.78. The first-order chi connectivity index (χ1) is 12.4. The molecule has 3 heterocycles. The zero-order valence-corrected chi connectivity index (χ0v) is 15.3. The molecule has 1 saturated heterocycles. The summed E-state index contributed by atoms with van der Waals surface area (Å²) in [5, 5.41) is 17.4. The average molecular weight is 360 g/mol. The summed E-state index contributed by atoms with van der Waals surface area (Å²) in [5.41, 5.74) is 2.56. The summed E-state index contributed by atoms with van der Waals surface area (Å²) in [6.45, 7) is 4.89. The number of carbonyl (C=O) groups is 2. The number of carbonyl (C=O) groups excluding carboxylic acids is 1. The van der Waals surface area contributed by atoms with Gasteiger partial charge in [0, 0.05) is 32.5 Å². The third-order valence-electron chi connectivity index (χ3n) is 4.98. The Morgan fingerprint density at radius 1 is 1.38 bits per heavy atom. The van der Waals surface area contributed by atoms with Crippen molar-refractivity contribution in [1.82, 2.24) is 20.1 Å². The Morgan fingerprint density at radius 3 is 2.73 bits per heavy atom. The van der Waals surface area contributed by atoms with Gasteiger partial charge in [0.2, 0.25) is 0 Å². The normalized spacial score (nSPS) is 16.6. The monoisotopic (exact) mass is 360 g/mol. The van der Waals surface area contributed by atoms with Crippen molar-refractivity contribution in [3.05, 3.63) is 23.0 Å². The smallest absolute Gasteiger partial charge is 0.308 e. The highest BCUT2D eigenvalue weighted by atomic mass is 16.5. The highest BCUT2D eigenvalue weighted by Gasteiger charge is 2.30. The Bertz CT molecular complexity index is 839. The molecule has 0 bridgehead atoms. The fourth-order valence-corrected chi connectivity index (χ4v) is 3.62. The minimum Gasteiger partial charge on any atom is -0.481 e. The summed E-state index contributed by atoms with van der Waals surface area (Å²) in [4.78, 5) is 28.9. The number of aryl methyl sites for hydroxylation is 3. The molecule has 8 heteroatoms. The molecule has 0 aromatic carbocycles. The molecule has 1 fully saturated rings. The SMILES string of the molecule is Cc1cc(C(=O)NCC(C(=O)O)C2CCOCC2)c2c(C)nn(C)c2n1. The van der Waals surface area contributed by atoms with Crippen LogP contribution in [0.2, 0.25) is 0 Å². The van der Waals surface area contributed by atoms with Crippen LogP contribution >= 0.6 is 0 Å². The van der Waals surface area contributed by atoms with Crippen molar-refractivity contribution >= 4 is 22.9 Å². The minimum atomic E-state index is -0.884. The van der Waals surface area contributed by atoms with Crippen LogP contribution in [0, 0.1) is 25.7 Å². The first kappa shape index (κ1) is 18.3. The van der Waals surface area contributed by atoms with Gasteiger partial charge >= 0.3 is 5.97 Å². The van der Waals surface area contributed by atoms with Crippen LogP contribution in [0.3, 0.4) is 0 Å². The number of aromatic nitrogens is 3. The van der Waals surface area contributed by atoms with Gasteiger partial charge in [-0.1, -0.05) is 0 Å². The zero-order valence-electron chi connectivity index (χ0n) is 15.3. The standard InChI is InChI=1S/C18H24N4O4/c1-10-8-13(15-11(2)21-22(3)16(15)20-10)17(23)19-9-14(18(24)25)12-4-6-26-7-5-12/h8,12,14H,4-7,9H2,1-3H3,(H,19,23)(H,24,25). The molecular weight excluding hydrogens is 336 g/mol. The minimum absolute atomic E-state index is 0.0147.